The second-order valence-electron chi connectivity index (χ2n) is 10.3. The second kappa shape index (κ2) is 8.90. The molecule has 1 aromatic carbocycles. The number of halogens is 1. The molecule has 1 heterocycles. The third-order valence-electron chi connectivity index (χ3n) is 7.70. The lowest BCUT2D eigenvalue weighted by atomic mass is 9.70. The summed E-state index contributed by atoms with van der Waals surface area (Å²) in [5.74, 6) is 0.944. The van der Waals surface area contributed by atoms with E-state index in [1.807, 2.05) is 12.1 Å². The standard InChI is InChI=1S/C25H35ClN2O2/c1-25(2)16-28(15-14-21(25)17-10-12-19(26)13-11-17)24(30)20-8-5-9-22(20)27-23(29)18-6-3-4-7-18/h10-13,18,20-22H,3-9,14-16H2,1-2H3,(H,27,29). The molecule has 1 aliphatic heterocycles. The van der Waals surface area contributed by atoms with Gasteiger partial charge in [0.1, 0.15) is 0 Å². The Bertz CT molecular complexity index is 770. The first-order valence-corrected chi connectivity index (χ1v) is 12.1. The number of hydrogen-bond donors (Lipinski definition) is 1. The van der Waals surface area contributed by atoms with Crippen LogP contribution in [0.3, 0.4) is 0 Å². The minimum atomic E-state index is -0.0572. The number of carbonyl (C=O) groups excluding carboxylic acids is 2. The molecule has 1 saturated heterocycles. The van der Waals surface area contributed by atoms with E-state index >= 15 is 0 Å². The highest BCUT2D eigenvalue weighted by Crippen LogP contribution is 2.43. The van der Waals surface area contributed by atoms with Gasteiger partial charge in [0.2, 0.25) is 11.8 Å². The minimum absolute atomic E-state index is 0.00291. The van der Waals surface area contributed by atoms with E-state index in [0.29, 0.717) is 5.92 Å². The molecule has 4 rings (SSSR count). The van der Waals surface area contributed by atoms with E-state index in [1.54, 1.807) is 0 Å². The zero-order chi connectivity index (χ0) is 21.3. The maximum absolute atomic E-state index is 13.4. The molecule has 164 valence electrons. The van der Waals surface area contributed by atoms with Gasteiger partial charge >= 0.3 is 0 Å². The molecule has 2 amide bonds. The highest BCUT2D eigenvalue weighted by molar-refractivity contribution is 6.30. The summed E-state index contributed by atoms with van der Waals surface area (Å²) in [7, 11) is 0. The fourth-order valence-electron chi connectivity index (χ4n) is 6.01. The first kappa shape index (κ1) is 21.7. The summed E-state index contributed by atoms with van der Waals surface area (Å²) in [6, 6.07) is 8.18. The maximum Gasteiger partial charge on any atom is 0.227 e. The third kappa shape index (κ3) is 4.54. The van der Waals surface area contributed by atoms with E-state index in [2.05, 4.69) is 36.2 Å². The van der Waals surface area contributed by atoms with Crippen molar-refractivity contribution >= 4 is 23.4 Å². The Kier molecular flexibility index (Phi) is 6.43. The van der Waals surface area contributed by atoms with Crippen LogP contribution >= 0.6 is 11.6 Å². The van der Waals surface area contributed by atoms with Crippen LogP contribution in [0.15, 0.2) is 24.3 Å². The predicted octanol–water partition coefficient (Wildman–Crippen LogP) is 5.16. The molecule has 3 atom stereocenters. The van der Waals surface area contributed by atoms with Gasteiger partial charge in [0, 0.05) is 30.1 Å². The van der Waals surface area contributed by atoms with Crippen LogP contribution in [-0.2, 0) is 9.59 Å². The van der Waals surface area contributed by atoms with Crippen molar-refractivity contribution in [3.63, 3.8) is 0 Å². The van der Waals surface area contributed by atoms with Gasteiger partial charge in [-0.15, -0.1) is 0 Å². The lowest BCUT2D eigenvalue weighted by Crippen LogP contribution is -2.52. The van der Waals surface area contributed by atoms with Crippen molar-refractivity contribution in [2.45, 2.75) is 77.2 Å². The topological polar surface area (TPSA) is 49.4 Å². The molecule has 4 nitrogen and oxygen atoms in total. The number of hydrogen-bond acceptors (Lipinski definition) is 2. The number of likely N-dealkylation sites (tertiary alicyclic amines) is 1. The monoisotopic (exact) mass is 430 g/mol. The van der Waals surface area contributed by atoms with E-state index in [0.717, 1.165) is 69.5 Å². The van der Waals surface area contributed by atoms with Crippen LogP contribution in [0, 0.1) is 17.3 Å². The SMILES string of the molecule is CC1(C)CN(C(=O)C2CCCC2NC(=O)C2CCCC2)CCC1c1ccc(Cl)cc1. The smallest absolute Gasteiger partial charge is 0.227 e. The summed E-state index contributed by atoms with van der Waals surface area (Å²) in [5, 5.41) is 4.01. The number of piperidine rings is 1. The number of benzene rings is 1. The molecule has 0 aromatic heterocycles. The van der Waals surface area contributed by atoms with Crippen LogP contribution in [0.2, 0.25) is 5.02 Å². The largest absolute Gasteiger partial charge is 0.352 e. The van der Waals surface area contributed by atoms with E-state index in [-0.39, 0.29) is 35.1 Å². The molecule has 3 aliphatic rings. The van der Waals surface area contributed by atoms with Crippen molar-refractivity contribution in [3.8, 4) is 0 Å². The van der Waals surface area contributed by atoms with Crippen LogP contribution in [0.5, 0.6) is 0 Å². The van der Waals surface area contributed by atoms with Crippen molar-refractivity contribution < 1.29 is 9.59 Å². The summed E-state index contributed by atoms with van der Waals surface area (Å²) >= 11 is 6.07. The average Bonchev–Trinajstić information content (AvgIpc) is 3.39. The Balaban J connectivity index is 1.39. The van der Waals surface area contributed by atoms with Crippen LogP contribution in [0.25, 0.3) is 0 Å². The lowest BCUT2D eigenvalue weighted by molar-refractivity contribution is -0.140. The van der Waals surface area contributed by atoms with Gasteiger partial charge < -0.3 is 10.2 Å². The first-order valence-electron chi connectivity index (χ1n) is 11.7. The van der Waals surface area contributed by atoms with Gasteiger partial charge in [-0.2, -0.15) is 0 Å². The van der Waals surface area contributed by atoms with Crippen molar-refractivity contribution in [3.05, 3.63) is 34.9 Å². The van der Waals surface area contributed by atoms with Gasteiger partial charge in [-0.05, 0) is 61.1 Å². The molecule has 1 N–H and O–H groups in total. The van der Waals surface area contributed by atoms with Gasteiger partial charge in [-0.3, -0.25) is 9.59 Å². The number of rotatable bonds is 4. The molecule has 2 saturated carbocycles. The molecule has 1 aromatic rings. The molecule has 0 radical (unpaired) electrons. The molecule has 0 spiro atoms. The molecule has 0 bridgehead atoms. The zero-order valence-corrected chi connectivity index (χ0v) is 19.1. The Morgan fingerprint density at radius 2 is 1.70 bits per heavy atom. The number of carbonyl (C=O) groups is 2. The van der Waals surface area contributed by atoms with Crippen molar-refractivity contribution in [2.24, 2.45) is 17.3 Å². The Morgan fingerprint density at radius 1 is 1.00 bits per heavy atom. The second-order valence-corrected chi connectivity index (χ2v) is 10.7. The molecule has 5 heteroatoms. The fraction of sp³-hybridized carbons (Fsp3) is 0.680. The van der Waals surface area contributed by atoms with Crippen LogP contribution in [-0.4, -0.2) is 35.8 Å². The van der Waals surface area contributed by atoms with Crippen molar-refractivity contribution in [1.82, 2.24) is 10.2 Å². The molecule has 3 fully saturated rings. The van der Waals surface area contributed by atoms with E-state index in [1.165, 1.54) is 5.56 Å². The highest BCUT2D eigenvalue weighted by atomic mass is 35.5. The van der Waals surface area contributed by atoms with Gasteiger partial charge in [-0.25, -0.2) is 0 Å². The summed E-state index contributed by atoms with van der Waals surface area (Å²) in [4.78, 5) is 28.1. The molecule has 2 aliphatic carbocycles. The Labute approximate surface area is 185 Å². The zero-order valence-electron chi connectivity index (χ0n) is 18.3. The summed E-state index contributed by atoms with van der Waals surface area (Å²) in [5.41, 5.74) is 1.31. The molecular weight excluding hydrogens is 396 g/mol. The van der Waals surface area contributed by atoms with Gasteiger partial charge in [0.15, 0.2) is 0 Å². The van der Waals surface area contributed by atoms with E-state index in [9.17, 15) is 9.59 Å². The number of nitrogens with one attached hydrogen (secondary N) is 1. The summed E-state index contributed by atoms with van der Waals surface area (Å²) < 4.78 is 0. The lowest BCUT2D eigenvalue weighted by Gasteiger charge is -2.45. The summed E-state index contributed by atoms with van der Waals surface area (Å²) in [6.07, 6.45) is 8.13. The van der Waals surface area contributed by atoms with E-state index in [4.69, 9.17) is 11.6 Å². The molecule has 30 heavy (non-hydrogen) atoms. The Hall–Kier alpha value is -1.55. The number of nitrogens with zero attached hydrogens (tertiary/aromatic N) is 1. The molecule has 3 unspecified atom stereocenters. The van der Waals surface area contributed by atoms with Gasteiger partial charge in [-0.1, -0.05) is 56.8 Å². The summed E-state index contributed by atoms with van der Waals surface area (Å²) in [6.45, 7) is 6.08. The van der Waals surface area contributed by atoms with Crippen LogP contribution in [0.1, 0.15) is 76.7 Å². The predicted molar refractivity (Wildman–Crippen MR) is 120 cm³/mol. The van der Waals surface area contributed by atoms with E-state index < -0.39 is 0 Å². The number of amides is 2. The first-order chi connectivity index (χ1) is 14.3. The van der Waals surface area contributed by atoms with Crippen LogP contribution < -0.4 is 5.32 Å². The minimum Gasteiger partial charge on any atom is -0.352 e. The highest BCUT2D eigenvalue weighted by Gasteiger charge is 2.43. The normalized spacial score (nSPS) is 29.2. The molecular formula is C25H35ClN2O2. The van der Waals surface area contributed by atoms with Gasteiger partial charge in [0.25, 0.3) is 0 Å². The third-order valence-corrected chi connectivity index (χ3v) is 7.95. The van der Waals surface area contributed by atoms with Crippen LogP contribution in [0.4, 0.5) is 0 Å². The average molecular weight is 431 g/mol. The van der Waals surface area contributed by atoms with Crippen molar-refractivity contribution in [2.75, 3.05) is 13.1 Å². The van der Waals surface area contributed by atoms with Gasteiger partial charge in [0.05, 0.1) is 5.92 Å². The maximum atomic E-state index is 13.4. The fourth-order valence-corrected chi connectivity index (χ4v) is 6.14. The van der Waals surface area contributed by atoms with Crippen molar-refractivity contribution in [1.29, 1.82) is 0 Å². The quantitative estimate of drug-likeness (QED) is 0.717. The Morgan fingerprint density at radius 3 is 2.37 bits per heavy atom.